The van der Waals surface area contributed by atoms with E-state index in [4.69, 9.17) is 11.6 Å². The minimum Gasteiger partial charge on any atom is -0.293 e. The molecule has 1 heterocycles. The lowest BCUT2D eigenvalue weighted by Gasteiger charge is -2.05. The van der Waals surface area contributed by atoms with Gasteiger partial charge in [0.1, 0.15) is 5.88 Å². The average Bonchev–Trinajstić information content (AvgIpc) is 3.06. The Morgan fingerprint density at radius 1 is 1.16 bits per heavy atom. The van der Waals surface area contributed by atoms with Crippen molar-refractivity contribution in [3.8, 4) is 17.1 Å². The fourth-order valence-electron chi connectivity index (χ4n) is 2.15. The number of para-hydroxylation sites is 1. The third-order valence-corrected chi connectivity index (χ3v) is 3.56. The quantitative estimate of drug-likeness (QED) is 0.429. The number of benzene rings is 2. The molecule has 3 aromatic rings. The molecule has 3 rings (SSSR count). The zero-order valence-corrected chi connectivity index (χ0v) is 13.6. The average molecular weight is 358 g/mol. The summed E-state index contributed by atoms with van der Waals surface area (Å²) in [5.41, 5.74) is 1.26. The molecule has 126 valence electrons. The molecule has 0 radical (unpaired) electrons. The molecule has 0 saturated carbocycles. The minimum atomic E-state index is -0.480. The van der Waals surface area contributed by atoms with Crippen molar-refractivity contribution in [2.24, 2.45) is 0 Å². The highest BCUT2D eigenvalue weighted by Gasteiger charge is 2.16. The molecule has 0 saturated heterocycles. The van der Waals surface area contributed by atoms with Gasteiger partial charge < -0.3 is 0 Å². The summed E-state index contributed by atoms with van der Waals surface area (Å²) in [5.74, 6) is -0.0931. The summed E-state index contributed by atoms with van der Waals surface area (Å²) in [4.78, 5) is 26.2. The molecule has 1 N–H and O–H groups in total. The maximum Gasteiger partial charge on any atom is 0.269 e. The summed E-state index contributed by atoms with van der Waals surface area (Å²) >= 11 is 5.54. The largest absolute Gasteiger partial charge is 0.293 e. The molecule has 1 aromatic heterocycles. The maximum atomic E-state index is 11.6. The van der Waals surface area contributed by atoms with E-state index in [0.29, 0.717) is 17.1 Å². The molecule has 8 nitrogen and oxygen atoms in total. The van der Waals surface area contributed by atoms with Crippen molar-refractivity contribution in [2.45, 2.75) is 0 Å². The molecular weight excluding hydrogens is 346 g/mol. The van der Waals surface area contributed by atoms with E-state index in [-0.39, 0.29) is 17.5 Å². The second kappa shape index (κ2) is 7.10. The van der Waals surface area contributed by atoms with Gasteiger partial charge in [0.25, 0.3) is 5.69 Å². The van der Waals surface area contributed by atoms with Crippen molar-refractivity contribution in [1.82, 2.24) is 14.8 Å². The molecule has 0 atom stereocenters. The van der Waals surface area contributed by atoms with Gasteiger partial charge in [-0.3, -0.25) is 20.2 Å². The fourth-order valence-corrected chi connectivity index (χ4v) is 2.22. The monoisotopic (exact) mass is 357 g/mol. The maximum absolute atomic E-state index is 11.6. The number of nitro groups is 1. The van der Waals surface area contributed by atoms with Crippen molar-refractivity contribution >= 4 is 29.1 Å². The summed E-state index contributed by atoms with van der Waals surface area (Å²) < 4.78 is 1.47. The van der Waals surface area contributed by atoms with E-state index in [1.165, 1.54) is 16.8 Å². The van der Waals surface area contributed by atoms with Crippen LogP contribution in [0.2, 0.25) is 0 Å². The number of halogens is 1. The van der Waals surface area contributed by atoms with Crippen LogP contribution in [0.5, 0.6) is 0 Å². The molecule has 0 unspecified atom stereocenters. The van der Waals surface area contributed by atoms with Crippen molar-refractivity contribution in [2.75, 3.05) is 11.2 Å². The van der Waals surface area contributed by atoms with Crippen LogP contribution in [0.4, 0.5) is 11.6 Å². The molecule has 0 fully saturated rings. The van der Waals surface area contributed by atoms with Crippen LogP contribution in [-0.4, -0.2) is 31.5 Å². The van der Waals surface area contributed by atoms with E-state index in [1.54, 1.807) is 12.1 Å². The van der Waals surface area contributed by atoms with Gasteiger partial charge in [-0.1, -0.05) is 18.2 Å². The van der Waals surface area contributed by atoms with Crippen LogP contribution in [0, 0.1) is 10.1 Å². The number of alkyl halides is 1. The number of aromatic nitrogens is 3. The first-order valence-corrected chi connectivity index (χ1v) is 7.75. The number of nitro benzene ring substituents is 1. The van der Waals surface area contributed by atoms with Gasteiger partial charge in [0.2, 0.25) is 11.9 Å². The highest BCUT2D eigenvalue weighted by Crippen LogP contribution is 2.23. The molecule has 1 amide bonds. The van der Waals surface area contributed by atoms with E-state index in [2.05, 4.69) is 15.4 Å². The first-order valence-electron chi connectivity index (χ1n) is 7.21. The molecule has 2 aromatic carbocycles. The van der Waals surface area contributed by atoms with Gasteiger partial charge in [-0.25, -0.2) is 0 Å². The van der Waals surface area contributed by atoms with Gasteiger partial charge in [0.15, 0.2) is 5.82 Å². The number of hydrogen-bond donors (Lipinski definition) is 1. The lowest BCUT2D eigenvalue weighted by Crippen LogP contribution is -2.16. The van der Waals surface area contributed by atoms with Gasteiger partial charge in [-0.15, -0.1) is 16.7 Å². The van der Waals surface area contributed by atoms with Gasteiger partial charge in [0.05, 0.1) is 10.6 Å². The molecular formula is C16H12ClN5O3. The van der Waals surface area contributed by atoms with Crippen molar-refractivity contribution in [3.63, 3.8) is 0 Å². The fraction of sp³-hybridized carbons (Fsp3) is 0.0625. The van der Waals surface area contributed by atoms with Crippen LogP contribution in [0.25, 0.3) is 17.1 Å². The Balaban J connectivity index is 2.03. The Morgan fingerprint density at radius 2 is 1.84 bits per heavy atom. The Morgan fingerprint density at radius 3 is 2.44 bits per heavy atom. The van der Waals surface area contributed by atoms with E-state index >= 15 is 0 Å². The van der Waals surface area contributed by atoms with Crippen LogP contribution in [0.15, 0.2) is 54.6 Å². The Hall–Kier alpha value is -3.26. The number of anilines is 1. The predicted molar refractivity (Wildman–Crippen MR) is 92.8 cm³/mol. The van der Waals surface area contributed by atoms with Crippen LogP contribution in [-0.2, 0) is 4.79 Å². The van der Waals surface area contributed by atoms with Gasteiger partial charge >= 0.3 is 0 Å². The molecule has 0 spiro atoms. The third-order valence-electron chi connectivity index (χ3n) is 3.32. The molecule has 0 bridgehead atoms. The zero-order valence-electron chi connectivity index (χ0n) is 12.8. The van der Waals surface area contributed by atoms with E-state index < -0.39 is 10.8 Å². The van der Waals surface area contributed by atoms with E-state index in [0.717, 1.165) is 0 Å². The van der Waals surface area contributed by atoms with Gasteiger partial charge in [0, 0.05) is 17.7 Å². The smallest absolute Gasteiger partial charge is 0.269 e. The van der Waals surface area contributed by atoms with Gasteiger partial charge in [-0.05, 0) is 24.3 Å². The first kappa shape index (κ1) is 16.6. The highest BCUT2D eigenvalue weighted by molar-refractivity contribution is 6.28. The van der Waals surface area contributed by atoms with Crippen molar-refractivity contribution in [3.05, 3.63) is 64.7 Å². The number of carbonyl (C=O) groups excluding carboxylic acids is 1. The second-order valence-electron chi connectivity index (χ2n) is 4.99. The van der Waals surface area contributed by atoms with E-state index in [1.807, 2.05) is 30.3 Å². The molecule has 0 aliphatic heterocycles. The summed E-state index contributed by atoms with van der Waals surface area (Å²) in [5, 5.41) is 17.7. The standard InChI is InChI=1S/C16H12ClN5O3/c17-10-14(23)18-16-19-15(11-6-8-13(9-7-11)22(24)25)20-21(16)12-4-2-1-3-5-12/h1-9H,10H2,(H,18,19,20,23). The highest BCUT2D eigenvalue weighted by atomic mass is 35.5. The van der Waals surface area contributed by atoms with Crippen LogP contribution < -0.4 is 5.32 Å². The first-order chi connectivity index (χ1) is 12.1. The van der Waals surface area contributed by atoms with Crippen LogP contribution in [0.1, 0.15) is 0 Å². The number of amides is 1. The lowest BCUT2D eigenvalue weighted by molar-refractivity contribution is -0.384. The topological polar surface area (TPSA) is 103 Å². The van der Waals surface area contributed by atoms with Crippen LogP contribution in [0.3, 0.4) is 0 Å². The lowest BCUT2D eigenvalue weighted by atomic mass is 10.2. The number of nitrogens with zero attached hydrogens (tertiary/aromatic N) is 4. The summed E-state index contributed by atoms with van der Waals surface area (Å²) in [6.45, 7) is 0. The number of rotatable bonds is 5. The zero-order chi connectivity index (χ0) is 17.8. The molecule has 0 aliphatic carbocycles. The Labute approximate surface area is 147 Å². The molecule has 9 heteroatoms. The number of non-ortho nitro benzene ring substituents is 1. The second-order valence-corrected chi connectivity index (χ2v) is 5.26. The Kier molecular flexibility index (Phi) is 4.71. The van der Waals surface area contributed by atoms with Crippen molar-refractivity contribution < 1.29 is 9.72 Å². The summed E-state index contributed by atoms with van der Waals surface area (Å²) in [6.07, 6.45) is 0. The third kappa shape index (κ3) is 3.64. The molecule has 25 heavy (non-hydrogen) atoms. The minimum absolute atomic E-state index is 0.0260. The number of hydrogen-bond acceptors (Lipinski definition) is 5. The predicted octanol–water partition coefficient (Wildman–Crippen LogP) is 3.02. The number of carbonyl (C=O) groups is 1. The normalized spacial score (nSPS) is 10.4. The van der Waals surface area contributed by atoms with E-state index in [9.17, 15) is 14.9 Å². The van der Waals surface area contributed by atoms with Crippen molar-refractivity contribution in [1.29, 1.82) is 0 Å². The van der Waals surface area contributed by atoms with Gasteiger partial charge in [-0.2, -0.15) is 9.67 Å². The molecule has 0 aliphatic rings. The van der Waals surface area contributed by atoms with Crippen LogP contribution >= 0.6 is 11.6 Å². The summed E-state index contributed by atoms with van der Waals surface area (Å²) in [6, 6.07) is 15.0. The Bertz CT molecular complexity index is 909. The number of nitrogens with one attached hydrogen (secondary N) is 1. The SMILES string of the molecule is O=C(CCl)Nc1nc(-c2ccc([N+](=O)[O-])cc2)nn1-c1ccccc1. The summed E-state index contributed by atoms with van der Waals surface area (Å²) in [7, 11) is 0.